The Labute approximate surface area is 103 Å². The lowest BCUT2D eigenvalue weighted by atomic mass is 9.83. The quantitative estimate of drug-likeness (QED) is 0.822. The zero-order valence-electron chi connectivity index (χ0n) is 10.1. The lowest BCUT2D eigenvalue weighted by molar-refractivity contribution is 0.404. The van der Waals surface area contributed by atoms with Crippen molar-refractivity contribution in [3.05, 3.63) is 29.8 Å². The van der Waals surface area contributed by atoms with Gasteiger partial charge in [0.15, 0.2) is 0 Å². The summed E-state index contributed by atoms with van der Waals surface area (Å²) in [4.78, 5) is 0. The summed E-state index contributed by atoms with van der Waals surface area (Å²) in [6, 6.07) is 7.87. The molecule has 0 aliphatic carbocycles. The van der Waals surface area contributed by atoms with Crippen molar-refractivity contribution in [3.8, 4) is 0 Å². The summed E-state index contributed by atoms with van der Waals surface area (Å²) in [5, 5.41) is 0. The second-order valence-electron chi connectivity index (χ2n) is 4.91. The average molecular weight is 253 g/mol. The number of benzene rings is 1. The Bertz CT molecular complexity index is 482. The van der Waals surface area contributed by atoms with Gasteiger partial charge in [-0.15, -0.1) is 0 Å². The molecule has 1 fully saturated rings. The highest BCUT2D eigenvalue weighted by Gasteiger charge is 2.28. The Hall–Kier alpha value is -1.03. The number of para-hydroxylation sites is 1. The SMILES string of the molecule is CC(c1ccccc1N)C1CCS(=O)(=O)CC1. The van der Waals surface area contributed by atoms with Crippen molar-refractivity contribution in [2.75, 3.05) is 17.2 Å². The third-order valence-corrected chi connectivity index (χ3v) is 5.51. The molecule has 0 bridgehead atoms. The van der Waals surface area contributed by atoms with Gasteiger partial charge < -0.3 is 5.73 Å². The number of rotatable bonds is 2. The second kappa shape index (κ2) is 4.69. The standard InChI is InChI=1S/C13H19NO2S/c1-10(12-4-2-3-5-13(12)14)11-6-8-17(15,16)9-7-11/h2-5,10-11H,6-9,14H2,1H3. The summed E-state index contributed by atoms with van der Waals surface area (Å²) < 4.78 is 22.8. The van der Waals surface area contributed by atoms with E-state index < -0.39 is 9.84 Å². The predicted octanol–water partition coefficient (Wildman–Crippen LogP) is 2.20. The predicted molar refractivity (Wildman–Crippen MR) is 70.6 cm³/mol. The van der Waals surface area contributed by atoms with Crippen molar-refractivity contribution in [1.82, 2.24) is 0 Å². The molecule has 1 unspecified atom stereocenters. The number of nitrogens with two attached hydrogens (primary N) is 1. The van der Waals surface area contributed by atoms with E-state index >= 15 is 0 Å². The van der Waals surface area contributed by atoms with Crippen molar-refractivity contribution in [1.29, 1.82) is 0 Å². The Kier molecular flexibility index (Phi) is 3.43. The Balaban J connectivity index is 2.12. The summed E-state index contributed by atoms with van der Waals surface area (Å²) in [6.07, 6.45) is 1.52. The summed E-state index contributed by atoms with van der Waals surface area (Å²) >= 11 is 0. The highest BCUT2D eigenvalue weighted by atomic mass is 32.2. The van der Waals surface area contributed by atoms with Crippen LogP contribution in [-0.4, -0.2) is 19.9 Å². The van der Waals surface area contributed by atoms with Crippen molar-refractivity contribution in [2.45, 2.75) is 25.7 Å². The van der Waals surface area contributed by atoms with Crippen LogP contribution < -0.4 is 5.73 Å². The van der Waals surface area contributed by atoms with Gasteiger partial charge >= 0.3 is 0 Å². The van der Waals surface area contributed by atoms with Crippen molar-refractivity contribution < 1.29 is 8.42 Å². The molecule has 1 aromatic rings. The lowest BCUT2D eigenvalue weighted by Gasteiger charge is -2.28. The first-order valence-electron chi connectivity index (χ1n) is 6.04. The van der Waals surface area contributed by atoms with E-state index in [1.54, 1.807) is 0 Å². The minimum Gasteiger partial charge on any atom is -0.398 e. The molecule has 1 aliphatic heterocycles. The van der Waals surface area contributed by atoms with E-state index in [2.05, 4.69) is 6.92 Å². The number of anilines is 1. The Morgan fingerprint density at radius 2 is 1.82 bits per heavy atom. The maximum atomic E-state index is 11.4. The van der Waals surface area contributed by atoms with E-state index in [-0.39, 0.29) is 0 Å². The summed E-state index contributed by atoms with van der Waals surface area (Å²) in [5.41, 5.74) is 7.93. The molecule has 1 aliphatic rings. The van der Waals surface area contributed by atoms with Crippen LogP contribution in [0.1, 0.15) is 31.2 Å². The zero-order valence-corrected chi connectivity index (χ0v) is 10.9. The number of nitrogen functional groups attached to an aromatic ring is 1. The smallest absolute Gasteiger partial charge is 0.150 e. The molecule has 2 rings (SSSR count). The summed E-state index contributed by atoms with van der Waals surface area (Å²) in [7, 11) is -2.77. The van der Waals surface area contributed by atoms with Gasteiger partial charge in [0, 0.05) is 5.69 Å². The summed E-state index contributed by atoms with van der Waals surface area (Å²) in [6.45, 7) is 2.15. The third-order valence-electron chi connectivity index (χ3n) is 3.79. The highest BCUT2D eigenvalue weighted by molar-refractivity contribution is 7.91. The molecule has 0 amide bonds. The fraction of sp³-hybridized carbons (Fsp3) is 0.538. The van der Waals surface area contributed by atoms with Crippen LogP contribution in [0.5, 0.6) is 0 Å². The van der Waals surface area contributed by atoms with Crippen LogP contribution in [0.25, 0.3) is 0 Å². The number of hydrogen-bond acceptors (Lipinski definition) is 3. The van der Waals surface area contributed by atoms with Gasteiger partial charge in [-0.3, -0.25) is 0 Å². The topological polar surface area (TPSA) is 60.2 Å². The third kappa shape index (κ3) is 2.80. The Morgan fingerprint density at radius 3 is 2.41 bits per heavy atom. The fourth-order valence-electron chi connectivity index (χ4n) is 2.59. The van der Waals surface area contributed by atoms with E-state index in [0.717, 1.165) is 24.1 Å². The minimum absolute atomic E-state index is 0.328. The van der Waals surface area contributed by atoms with Crippen molar-refractivity contribution in [2.24, 2.45) is 5.92 Å². The van der Waals surface area contributed by atoms with Gasteiger partial charge in [-0.2, -0.15) is 0 Å². The minimum atomic E-state index is -2.77. The average Bonchev–Trinajstić information content (AvgIpc) is 2.29. The molecular formula is C13H19NO2S. The molecule has 2 N–H and O–H groups in total. The Morgan fingerprint density at radius 1 is 1.24 bits per heavy atom. The van der Waals surface area contributed by atoms with E-state index in [0.29, 0.717) is 23.3 Å². The first kappa shape index (κ1) is 12.4. The van der Waals surface area contributed by atoms with Crippen LogP contribution >= 0.6 is 0 Å². The first-order chi connectivity index (χ1) is 7.99. The van der Waals surface area contributed by atoms with Gasteiger partial charge in [-0.1, -0.05) is 25.1 Å². The van der Waals surface area contributed by atoms with Crippen LogP contribution in [0.3, 0.4) is 0 Å². The van der Waals surface area contributed by atoms with Crippen LogP contribution in [0.2, 0.25) is 0 Å². The van der Waals surface area contributed by atoms with E-state index in [9.17, 15) is 8.42 Å². The fourth-order valence-corrected chi connectivity index (χ4v) is 4.12. The van der Waals surface area contributed by atoms with E-state index in [4.69, 9.17) is 5.73 Å². The molecule has 0 radical (unpaired) electrons. The molecule has 1 saturated heterocycles. The summed E-state index contributed by atoms with van der Waals surface area (Å²) in [5.74, 6) is 1.43. The van der Waals surface area contributed by atoms with Crippen molar-refractivity contribution in [3.63, 3.8) is 0 Å². The van der Waals surface area contributed by atoms with Gasteiger partial charge in [0.1, 0.15) is 9.84 Å². The second-order valence-corrected chi connectivity index (χ2v) is 7.21. The largest absolute Gasteiger partial charge is 0.398 e. The van der Waals surface area contributed by atoms with Gasteiger partial charge in [0.2, 0.25) is 0 Å². The number of sulfone groups is 1. The molecule has 1 atom stereocenters. The van der Waals surface area contributed by atoms with Gasteiger partial charge in [0.25, 0.3) is 0 Å². The van der Waals surface area contributed by atoms with Crippen LogP contribution in [0.15, 0.2) is 24.3 Å². The first-order valence-corrected chi connectivity index (χ1v) is 7.86. The van der Waals surface area contributed by atoms with Crippen LogP contribution in [0.4, 0.5) is 5.69 Å². The molecule has 1 heterocycles. The maximum absolute atomic E-state index is 11.4. The van der Waals surface area contributed by atoms with Crippen molar-refractivity contribution >= 4 is 15.5 Å². The zero-order chi connectivity index (χ0) is 12.5. The molecule has 0 spiro atoms. The maximum Gasteiger partial charge on any atom is 0.150 e. The number of hydrogen-bond donors (Lipinski definition) is 1. The van der Waals surface area contributed by atoms with Gasteiger partial charge in [-0.05, 0) is 36.3 Å². The monoisotopic (exact) mass is 253 g/mol. The van der Waals surface area contributed by atoms with Gasteiger partial charge in [0.05, 0.1) is 11.5 Å². The van der Waals surface area contributed by atoms with E-state index in [1.807, 2.05) is 24.3 Å². The van der Waals surface area contributed by atoms with Crippen LogP contribution in [0, 0.1) is 5.92 Å². The molecule has 0 aromatic heterocycles. The van der Waals surface area contributed by atoms with Crippen LogP contribution in [-0.2, 0) is 9.84 Å². The molecule has 4 heteroatoms. The molecule has 1 aromatic carbocycles. The highest BCUT2D eigenvalue weighted by Crippen LogP contribution is 2.35. The normalized spacial score (nSPS) is 22.2. The molecule has 94 valence electrons. The lowest BCUT2D eigenvalue weighted by Crippen LogP contribution is -2.26. The molecule has 3 nitrogen and oxygen atoms in total. The van der Waals surface area contributed by atoms with Gasteiger partial charge in [-0.25, -0.2) is 8.42 Å². The molecule has 17 heavy (non-hydrogen) atoms. The molecular weight excluding hydrogens is 234 g/mol. The molecule has 0 saturated carbocycles. The van der Waals surface area contributed by atoms with E-state index in [1.165, 1.54) is 0 Å².